The molecule has 4 rings (SSSR count). The third-order valence-corrected chi connectivity index (χ3v) is 7.16. The largest absolute Gasteiger partial charge is 0.473 e. The summed E-state index contributed by atoms with van der Waals surface area (Å²) < 4.78 is 26.5. The number of rotatable bonds is 6. The lowest BCUT2D eigenvalue weighted by Crippen LogP contribution is -2.29. The summed E-state index contributed by atoms with van der Waals surface area (Å²) in [6.07, 6.45) is 2.76. The van der Waals surface area contributed by atoms with E-state index in [4.69, 9.17) is 19.8 Å². The first kappa shape index (κ1) is 25.2. The van der Waals surface area contributed by atoms with E-state index in [1.165, 1.54) is 11.1 Å². The Bertz CT molecular complexity index is 1110. The molecule has 1 fully saturated rings. The van der Waals surface area contributed by atoms with Gasteiger partial charge in [0.05, 0.1) is 12.3 Å². The van der Waals surface area contributed by atoms with Crippen molar-refractivity contribution in [3.63, 3.8) is 0 Å². The second-order valence-corrected chi connectivity index (χ2v) is 9.91. The second kappa shape index (κ2) is 11.6. The van der Waals surface area contributed by atoms with Crippen molar-refractivity contribution in [2.45, 2.75) is 25.0 Å². The van der Waals surface area contributed by atoms with Gasteiger partial charge in [-0.3, -0.25) is 4.99 Å². The highest BCUT2D eigenvalue weighted by Crippen LogP contribution is 2.19. The van der Waals surface area contributed by atoms with Crippen LogP contribution in [0.1, 0.15) is 29.5 Å². The van der Waals surface area contributed by atoms with Crippen LogP contribution in [-0.4, -0.2) is 67.0 Å². The van der Waals surface area contributed by atoms with Gasteiger partial charge in [0, 0.05) is 25.3 Å². The first-order valence-electron chi connectivity index (χ1n) is 10.9. The topological polar surface area (TPSA) is 148 Å². The molecule has 0 radical (unpaired) electrons. The highest BCUT2D eigenvalue weighted by Gasteiger charge is 2.25. The van der Waals surface area contributed by atoms with Gasteiger partial charge in [0.25, 0.3) is 0 Å². The van der Waals surface area contributed by atoms with E-state index in [0.717, 1.165) is 49.6 Å². The Balaban J connectivity index is 0.000000481. The van der Waals surface area contributed by atoms with Crippen LogP contribution in [0, 0.1) is 0 Å². The highest BCUT2D eigenvalue weighted by molar-refractivity contribution is 7.88. The molecule has 2 aromatic rings. The SMILES string of the molecule is O=C(O)C(=O)O.O=S(=O)(Cc1ccc(Cc2ccc(NC3=NCCN3)cc2)cc1)N1CCCC1. The third kappa shape index (κ3) is 7.56. The van der Waals surface area contributed by atoms with E-state index in [2.05, 4.69) is 39.9 Å². The summed E-state index contributed by atoms with van der Waals surface area (Å²) in [5.41, 5.74) is 4.24. The van der Waals surface area contributed by atoms with Crippen LogP contribution in [0.5, 0.6) is 0 Å². The lowest BCUT2D eigenvalue weighted by atomic mass is 10.0. The molecule has 0 atom stereocenters. The predicted octanol–water partition coefficient (Wildman–Crippen LogP) is 1.73. The summed E-state index contributed by atoms with van der Waals surface area (Å²) in [7, 11) is -3.19. The predicted molar refractivity (Wildman–Crippen MR) is 128 cm³/mol. The van der Waals surface area contributed by atoms with E-state index in [-0.39, 0.29) is 5.75 Å². The molecule has 2 heterocycles. The molecule has 2 aromatic carbocycles. The lowest BCUT2D eigenvalue weighted by Gasteiger charge is -2.15. The Kier molecular flexibility index (Phi) is 8.61. The number of guanidine groups is 1. The molecule has 2 aliphatic rings. The van der Waals surface area contributed by atoms with Crippen LogP contribution < -0.4 is 10.6 Å². The van der Waals surface area contributed by atoms with Crippen LogP contribution in [-0.2, 0) is 31.8 Å². The summed E-state index contributed by atoms with van der Waals surface area (Å²) in [5, 5.41) is 21.2. The van der Waals surface area contributed by atoms with Gasteiger partial charge in [0.15, 0.2) is 5.96 Å². The Hall–Kier alpha value is -3.44. The molecular weight excluding hydrogens is 460 g/mol. The van der Waals surface area contributed by atoms with Crippen molar-refractivity contribution in [3.05, 3.63) is 65.2 Å². The molecule has 0 unspecified atom stereocenters. The van der Waals surface area contributed by atoms with E-state index < -0.39 is 22.0 Å². The smallest absolute Gasteiger partial charge is 0.414 e. The molecule has 4 N–H and O–H groups in total. The minimum absolute atomic E-state index is 0.0889. The third-order valence-electron chi connectivity index (χ3n) is 5.31. The number of aliphatic carboxylic acids is 2. The summed E-state index contributed by atoms with van der Waals surface area (Å²) >= 11 is 0. The van der Waals surface area contributed by atoms with E-state index in [1.54, 1.807) is 4.31 Å². The van der Waals surface area contributed by atoms with Crippen LogP contribution in [0.3, 0.4) is 0 Å². The molecular formula is C23H28N4O6S. The summed E-state index contributed by atoms with van der Waals surface area (Å²) in [5.74, 6) is -2.73. The lowest BCUT2D eigenvalue weighted by molar-refractivity contribution is -0.159. The fourth-order valence-corrected chi connectivity index (χ4v) is 5.19. The molecule has 0 aromatic heterocycles. The molecule has 0 amide bonds. The molecule has 34 heavy (non-hydrogen) atoms. The van der Waals surface area contributed by atoms with Crippen molar-refractivity contribution in [2.75, 3.05) is 31.5 Å². The van der Waals surface area contributed by atoms with Crippen molar-refractivity contribution in [3.8, 4) is 0 Å². The number of carboxylic acids is 2. The number of nitrogens with zero attached hydrogens (tertiary/aromatic N) is 2. The molecule has 11 heteroatoms. The van der Waals surface area contributed by atoms with E-state index in [1.807, 2.05) is 24.3 Å². The van der Waals surface area contributed by atoms with Gasteiger partial charge in [0.2, 0.25) is 10.0 Å². The van der Waals surface area contributed by atoms with Gasteiger partial charge in [0.1, 0.15) is 0 Å². The minimum atomic E-state index is -3.19. The number of hydrogen-bond donors (Lipinski definition) is 4. The van der Waals surface area contributed by atoms with Crippen LogP contribution in [0.25, 0.3) is 0 Å². The Morgan fingerprint density at radius 2 is 1.44 bits per heavy atom. The molecule has 0 bridgehead atoms. The molecule has 10 nitrogen and oxygen atoms in total. The number of hydrogen-bond acceptors (Lipinski definition) is 7. The number of sulfonamides is 1. The maximum atomic E-state index is 12.4. The Morgan fingerprint density at radius 3 is 1.94 bits per heavy atom. The normalized spacial score (nSPS) is 15.6. The first-order valence-corrected chi connectivity index (χ1v) is 12.5. The van der Waals surface area contributed by atoms with E-state index >= 15 is 0 Å². The fourth-order valence-electron chi connectivity index (χ4n) is 3.58. The van der Waals surface area contributed by atoms with Crippen molar-refractivity contribution < 1.29 is 28.2 Å². The van der Waals surface area contributed by atoms with Crippen LogP contribution in [0.4, 0.5) is 5.69 Å². The number of carboxylic acid groups (broad SMARTS) is 2. The van der Waals surface area contributed by atoms with Gasteiger partial charge in [-0.25, -0.2) is 22.3 Å². The van der Waals surface area contributed by atoms with Crippen molar-refractivity contribution in [1.82, 2.24) is 9.62 Å². The van der Waals surface area contributed by atoms with Crippen molar-refractivity contribution >= 4 is 33.6 Å². The fraction of sp³-hybridized carbons (Fsp3) is 0.348. The number of nitrogens with one attached hydrogen (secondary N) is 2. The zero-order valence-corrected chi connectivity index (χ0v) is 19.4. The quantitative estimate of drug-likeness (QED) is 0.449. The number of aliphatic imine (C=N–C) groups is 1. The summed E-state index contributed by atoms with van der Waals surface area (Å²) in [4.78, 5) is 22.5. The van der Waals surface area contributed by atoms with Crippen LogP contribution in [0.15, 0.2) is 53.5 Å². The minimum Gasteiger partial charge on any atom is -0.473 e. The number of anilines is 1. The molecule has 1 saturated heterocycles. The monoisotopic (exact) mass is 488 g/mol. The van der Waals surface area contributed by atoms with Crippen molar-refractivity contribution in [1.29, 1.82) is 0 Å². The number of benzene rings is 2. The zero-order valence-electron chi connectivity index (χ0n) is 18.6. The molecule has 0 saturated carbocycles. The van der Waals surface area contributed by atoms with Gasteiger partial charge in [-0.2, -0.15) is 0 Å². The van der Waals surface area contributed by atoms with E-state index in [9.17, 15) is 8.42 Å². The van der Waals surface area contributed by atoms with Crippen LogP contribution >= 0.6 is 0 Å². The van der Waals surface area contributed by atoms with Crippen molar-refractivity contribution in [2.24, 2.45) is 4.99 Å². The Morgan fingerprint density at radius 1 is 0.912 bits per heavy atom. The molecule has 182 valence electrons. The van der Waals surface area contributed by atoms with Gasteiger partial charge < -0.3 is 20.8 Å². The second-order valence-electron chi connectivity index (χ2n) is 7.94. The zero-order chi connectivity index (χ0) is 24.6. The standard InChI is InChI=1S/C21H26N4O2S.C2H2O4/c26-28(27,25-13-1-2-14-25)16-19-5-3-17(4-6-19)15-18-7-9-20(10-8-18)24-21-22-11-12-23-21;3-1(4)2(5)6/h3-10H,1-2,11-16H2,(H2,22,23,24);(H,3,4)(H,5,6). The summed E-state index contributed by atoms with van der Waals surface area (Å²) in [6.45, 7) is 3.02. The van der Waals surface area contributed by atoms with Gasteiger partial charge in [-0.05, 0) is 48.1 Å². The maximum Gasteiger partial charge on any atom is 0.414 e. The van der Waals surface area contributed by atoms with Gasteiger partial charge in [-0.1, -0.05) is 36.4 Å². The van der Waals surface area contributed by atoms with E-state index in [0.29, 0.717) is 13.1 Å². The van der Waals surface area contributed by atoms with Gasteiger partial charge >= 0.3 is 11.9 Å². The maximum absolute atomic E-state index is 12.4. The molecule has 2 aliphatic heterocycles. The average Bonchev–Trinajstić information content (AvgIpc) is 3.52. The van der Waals surface area contributed by atoms with Gasteiger partial charge in [-0.15, -0.1) is 0 Å². The highest BCUT2D eigenvalue weighted by atomic mass is 32.2. The summed E-state index contributed by atoms with van der Waals surface area (Å²) in [6, 6.07) is 16.2. The van der Waals surface area contributed by atoms with Crippen LogP contribution in [0.2, 0.25) is 0 Å². The Labute approximate surface area is 198 Å². The first-order chi connectivity index (χ1) is 16.2. The molecule has 0 spiro atoms. The average molecular weight is 489 g/mol. The number of carbonyl (C=O) groups is 2. The molecule has 0 aliphatic carbocycles.